The van der Waals surface area contributed by atoms with Crippen LogP contribution in [0.25, 0.3) is 10.8 Å². The molecule has 0 aliphatic heterocycles. The molecule has 0 aliphatic carbocycles. The number of allylic oxidation sites excluding steroid dienone is 2. The van der Waals surface area contributed by atoms with Gasteiger partial charge in [0.25, 0.3) is 0 Å². The van der Waals surface area contributed by atoms with Crippen molar-refractivity contribution in [2.24, 2.45) is 5.92 Å². The Balaban J connectivity index is 1.80. The van der Waals surface area contributed by atoms with E-state index in [1.54, 1.807) is 0 Å². The second-order valence-corrected chi connectivity index (χ2v) is 6.20. The van der Waals surface area contributed by atoms with Gasteiger partial charge in [-0.05, 0) is 50.0 Å². The molecule has 0 aromatic heterocycles. The van der Waals surface area contributed by atoms with Crippen LogP contribution < -0.4 is 4.74 Å². The molecule has 1 unspecified atom stereocenters. The van der Waals surface area contributed by atoms with Gasteiger partial charge in [-0.15, -0.1) is 0 Å². The third-order valence-electron chi connectivity index (χ3n) is 4.33. The molecule has 118 valence electrons. The molecule has 0 spiro atoms. The summed E-state index contributed by atoms with van der Waals surface area (Å²) in [5.74, 6) is 1.71. The lowest BCUT2D eigenvalue weighted by atomic mass is 10.0. The summed E-state index contributed by atoms with van der Waals surface area (Å²) < 4.78 is 6.02. The number of benzene rings is 2. The monoisotopic (exact) mass is 296 g/mol. The highest BCUT2D eigenvalue weighted by Crippen LogP contribution is 2.25. The number of hydrogen-bond donors (Lipinski definition) is 0. The Kier molecular flexibility index (Phi) is 6.51. The van der Waals surface area contributed by atoms with Gasteiger partial charge in [0.2, 0.25) is 0 Å². The van der Waals surface area contributed by atoms with Crippen LogP contribution in [0.15, 0.2) is 54.1 Å². The summed E-state index contributed by atoms with van der Waals surface area (Å²) in [7, 11) is 0. The van der Waals surface area contributed by atoms with Gasteiger partial charge in [-0.3, -0.25) is 0 Å². The quantitative estimate of drug-likeness (QED) is 0.513. The molecule has 0 fully saturated rings. The van der Waals surface area contributed by atoms with E-state index < -0.39 is 0 Å². The van der Waals surface area contributed by atoms with Gasteiger partial charge in [-0.25, -0.2) is 0 Å². The van der Waals surface area contributed by atoms with Crippen LogP contribution in [-0.2, 0) is 0 Å². The third-order valence-corrected chi connectivity index (χ3v) is 4.33. The van der Waals surface area contributed by atoms with Gasteiger partial charge in [0, 0.05) is 5.39 Å². The highest BCUT2D eigenvalue weighted by molar-refractivity contribution is 5.88. The Labute approximate surface area is 135 Å². The molecule has 0 saturated heterocycles. The first-order valence-electron chi connectivity index (χ1n) is 8.47. The first-order chi connectivity index (χ1) is 10.7. The van der Waals surface area contributed by atoms with E-state index in [0.29, 0.717) is 5.92 Å². The molecule has 0 radical (unpaired) electrons. The fraction of sp³-hybridized carbons (Fsp3) is 0.429. The van der Waals surface area contributed by atoms with Crippen molar-refractivity contribution in [3.8, 4) is 5.75 Å². The van der Waals surface area contributed by atoms with Crippen LogP contribution in [-0.4, -0.2) is 6.61 Å². The average Bonchev–Trinajstić information content (AvgIpc) is 2.55. The Morgan fingerprint density at radius 3 is 2.68 bits per heavy atom. The predicted molar refractivity (Wildman–Crippen MR) is 96.5 cm³/mol. The van der Waals surface area contributed by atoms with Crippen molar-refractivity contribution in [1.82, 2.24) is 0 Å². The van der Waals surface area contributed by atoms with Gasteiger partial charge < -0.3 is 4.74 Å². The van der Waals surface area contributed by atoms with Crippen molar-refractivity contribution < 1.29 is 4.74 Å². The molecule has 22 heavy (non-hydrogen) atoms. The Hall–Kier alpha value is -1.76. The summed E-state index contributed by atoms with van der Waals surface area (Å²) in [4.78, 5) is 0. The molecule has 0 amide bonds. The van der Waals surface area contributed by atoms with Crippen LogP contribution in [0.5, 0.6) is 5.75 Å². The topological polar surface area (TPSA) is 9.23 Å². The molecule has 2 aromatic rings. The van der Waals surface area contributed by atoms with Crippen LogP contribution in [0, 0.1) is 5.92 Å². The number of hydrogen-bond acceptors (Lipinski definition) is 1. The van der Waals surface area contributed by atoms with Crippen molar-refractivity contribution in [2.75, 3.05) is 6.61 Å². The zero-order chi connectivity index (χ0) is 15.8. The summed E-state index contributed by atoms with van der Waals surface area (Å²) in [5, 5.41) is 2.45. The van der Waals surface area contributed by atoms with E-state index in [-0.39, 0.29) is 0 Å². The summed E-state index contributed by atoms with van der Waals surface area (Å²) in [6, 6.07) is 14.7. The highest BCUT2D eigenvalue weighted by atomic mass is 16.5. The van der Waals surface area contributed by atoms with Gasteiger partial charge in [-0.2, -0.15) is 0 Å². The minimum Gasteiger partial charge on any atom is -0.493 e. The minimum atomic E-state index is 0.705. The van der Waals surface area contributed by atoms with Gasteiger partial charge in [-0.1, -0.05) is 61.9 Å². The molecule has 0 bridgehead atoms. The molecule has 0 N–H and O–H groups in total. The first-order valence-corrected chi connectivity index (χ1v) is 8.47. The fourth-order valence-corrected chi connectivity index (χ4v) is 2.59. The molecule has 1 nitrogen and oxygen atoms in total. The second kappa shape index (κ2) is 8.63. The van der Waals surface area contributed by atoms with Crippen LogP contribution in [0.2, 0.25) is 0 Å². The summed E-state index contributed by atoms with van der Waals surface area (Å²) in [6.45, 7) is 7.55. The molecule has 0 heterocycles. The molecule has 0 saturated carbocycles. The maximum Gasteiger partial charge on any atom is 0.127 e. The largest absolute Gasteiger partial charge is 0.493 e. The zero-order valence-corrected chi connectivity index (χ0v) is 14.1. The van der Waals surface area contributed by atoms with Crippen LogP contribution in [0.1, 0.15) is 46.5 Å². The van der Waals surface area contributed by atoms with Gasteiger partial charge in [0.05, 0.1) is 6.61 Å². The highest BCUT2D eigenvalue weighted by Gasteiger charge is 2.04. The normalized spacial score (nSPS) is 13.3. The molecule has 2 aromatic carbocycles. The standard InChI is InChI=1S/C21H28O/c1-4-17(2)9-7-10-18(3)15-16-22-21-14-8-12-19-11-5-6-13-20(19)21/h5-6,8-9,11-14,18H,4,7,10,15-16H2,1-3H3. The Morgan fingerprint density at radius 1 is 1.09 bits per heavy atom. The SMILES string of the molecule is CCC(C)=CCCC(C)CCOc1cccc2ccccc12. The van der Waals surface area contributed by atoms with E-state index in [1.165, 1.54) is 35.6 Å². The second-order valence-electron chi connectivity index (χ2n) is 6.20. The van der Waals surface area contributed by atoms with Crippen LogP contribution >= 0.6 is 0 Å². The molecule has 1 atom stereocenters. The van der Waals surface area contributed by atoms with E-state index in [1.807, 2.05) is 0 Å². The summed E-state index contributed by atoms with van der Waals surface area (Å²) in [5.41, 5.74) is 1.50. The smallest absolute Gasteiger partial charge is 0.127 e. The minimum absolute atomic E-state index is 0.705. The van der Waals surface area contributed by atoms with Gasteiger partial charge in [0.15, 0.2) is 0 Å². The fourth-order valence-electron chi connectivity index (χ4n) is 2.59. The van der Waals surface area contributed by atoms with Gasteiger partial charge >= 0.3 is 0 Å². The van der Waals surface area contributed by atoms with E-state index in [0.717, 1.165) is 18.8 Å². The number of rotatable bonds is 8. The molecular weight excluding hydrogens is 268 g/mol. The Bertz CT molecular complexity index is 607. The molecule has 1 heteroatoms. The van der Waals surface area contributed by atoms with Crippen molar-refractivity contribution >= 4 is 10.8 Å². The predicted octanol–water partition coefficient (Wildman–Crippen LogP) is 6.38. The van der Waals surface area contributed by atoms with Crippen molar-refractivity contribution in [1.29, 1.82) is 0 Å². The third kappa shape index (κ3) is 4.91. The lowest BCUT2D eigenvalue weighted by Crippen LogP contribution is -2.04. The van der Waals surface area contributed by atoms with E-state index in [4.69, 9.17) is 4.74 Å². The van der Waals surface area contributed by atoms with E-state index in [9.17, 15) is 0 Å². The number of ether oxygens (including phenoxy) is 1. The number of fused-ring (bicyclic) bond motifs is 1. The zero-order valence-electron chi connectivity index (χ0n) is 14.1. The summed E-state index contributed by atoms with van der Waals surface area (Å²) >= 11 is 0. The van der Waals surface area contributed by atoms with Crippen LogP contribution in [0.4, 0.5) is 0 Å². The lowest BCUT2D eigenvalue weighted by molar-refractivity contribution is 0.282. The van der Waals surface area contributed by atoms with Crippen molar-refractivity contribution in [3.63, 3.8) is 0 Å². The average molecular weight is 296 g/mol. The van der Waals surface area contributed by atoms with Gasteiger partial charge in [0.1, 0.15) is 5.75 Å². The maximum atomic E-state index is 6.02. The van der Waals surface area contributed by atoms with Crippen LogP contribution in [0.3, 0.4) is 0 Å². The molecule has 0 aliphatic rings. The first kappa shape index (κ1) is 16.6. The Morgan fingerprint density at radius 2 is 1.86 bits per heavy atom. The van der Waals surface area contributed by atoms with E-state index >= 15 is 0 Å². The lowest BCUT2D eigenvalue weighted by Gasteiger charge is -2.13. The maximum absolute atomic E-state index is 6.02. The molecule has 2 rings (SSSR count). The van der Waals surface area contributed by atoms with Crippen molar-refractivity contribution in [3.05, 3.63) is 54.1 Å². The van der Waals surface area contributed by atoms with E-state index in [2.05, 4.69) is 69.3 Å². The van der Waals surface area contributed by atoms with Crippen molar-refractivity contribution in [2.45, 2.75) is 46.5 Å². The summed E-state index contributed by atoms with van der Waals surface area (Å²) in [6.07, 6.45) is 7.09. The molecular formula is C21H28O.